The molecule has 1 aliphatic heterocycles. The summed E-state index contributed by atoms with van der Waals surface area (Å²) in [5.41, 5.74) is 1.06. The Balaban J connectivity index is -0.00000156. The van der Waals surface area contributed by atoms with Crippen molar-refractivity contribution in [1.29, 1.82) is 0 Å². The molecule has 0 bridgehead atoms. The van der Waals surface area contributed by atoms with Crippen LogP contribution in [-0.4, -0.2) is 37.8 Å². The first kappa shape index (κ1) is 33.5. The van der Waals surface area contributed by atoms with Crippen molar-refractivity contribution in [1.82, 2.24) is 4.90 Å². The van der Waals surface area contributed by atoms with Crippen LogP contribution in [-0.2, 0) is 21.7 Å². The van der Waals surface area contributed by atoms with E-state index in [0.717, 1.165) is 17.5 Å². The normalized spacial score (nSPS) is 27.0. The monoisotopic (exact) mass is 444 g/mol. The van der Waals surface area contributed by atoms with Crippen LogP contribution in [0.3, 0.4) is 0 Å². The molecule has 0 amide bonds. The first-order chi connectivity index (χ1) is 11.3. The third kappa shape index (κ3) is 9.33. The van der Waals surface area contributed by atoms with Crippen LogP contribution in [0.15, 0.2) is 0 Å². The van der Waals surface area contributed by atoms with Gasteiger partial charge in [-0.15, -0.1) is 5.54 Å². The average molecular weight is 445 g/mol. The van der Waals surface area contributed by atoms with E-state index in [1.807, 2.05) is 0 Å². The Kier molecular flexibility index (Phi) is 17.7. The molecule has 0 spiro atoms. The SMILES string of the molecule is CCCCCC1CC(N2CCCC2)CC1[Si@](C)(CC)[N-]C(C)(C)C.[CH3-].[CH3-].[CH3-].[Ti+4]. The van der Waals surface area contributed by atoms with Gasteiger partial charge >= 0.3 is 21.7 Å². The molecular formula is C24H52N2SiTi. The van der Waals surface area contributed by atoms with Gasteiger partial charge in [-0.25, -0.2) is 0 Å². The Morgan fingerprint density at radius 2 is 1.54 bits per heavy atom. The Morgan fingerprint density at radius 1 is 0.964 bits per heavy atom. The summed E-state index contributed by atoms with van der Waals surface area (Å²) in [6.07, 6.45) is 11.4. The summed E-state index contributed by atoms with van der Waals surface area (Å²) in [5.74, 6) is 0.949. The molecule has 4 heteroatoms. The van der Waals surface area contributed by atoms with Gasteiger partial charge in [0.1, 0.15) is 0 Å². The maximum atomic E-state index is 5.50. The summed E-state index contributed by atoms with van der Waals surface area (Å²) < 4.78 is 0. The van der Waals surface area contributed by atoms with E-state index in [2.05, 4.69) is 46.1 Å². The van der Waals surface area contributed by atoms with E-state index >= 15 is 0 Å². The van der Waals surface area contributed by atoms with Gasteiger partial charge in [0.2, 0.25) is 0 Å². The first-order valence-electron chi connectivity index (χ1n) is 10.8. The van der Waals surface area contributed by atoms with Gasteiger partial charge < -0.3 is 32.2 Å². The van der Waals surface area contributed by atoms with Gasteiger partial charge in [0, 0.05) is 6.04 Å². The van der Waals surface area contributed by atoms with Crippen LogP contribution in [0.1, 0.15) is 86.0 Å². The van der Waals surface area contributed by atoms with Crippen molar-refractivity contribution in [2.45, 2.75) is 116 Å². The fraction of sp³-hybridized carbons (Fsp3) is 0.875. The number of unbranched alkanes of at least 4 members (excludes halogenated alkanes) is 2. The van der Waals surface area contributed by atoms with Crippen LogP contribution < -0.4 is 0 Å². The van der Waals surface area contributed by atoms with Crippen LogP contribution >= 0.6 is 0 Å². The third-order valence-electron chi connectivity index (χ3n) is 6.61. The summed E-state index contributed by atoms with van der Waals surface area (Å²) in [6, 6.07) is 2.20. The fourth-order valence-corrected chi connectivity index (χ4v) is 9.91. The zero-order valence-electron chi connectivity index (χ0n) is 20.9. The summed E-state index contributed by atoms with van der Waals surface area (Å²) >= 11 is 0. The van der Waals surface area contributed by atoms with Crippen molar-refractivity contribution < 1.29 is 21.7 Å². The largest absolute Gasteiger partial charge is 4.00 e. The fourth-order valence-electron chi connectivity index (χ4n) is 5.43. The average Bonchev–Trinajstić information content (AvgIpc) is 3.15. The van der Waals surface area contributed by atoms with Gasteiger partial charge in [-0.2, -0.15) is 0 Å². The summed E-state index contributed by atoms with van der Waals surface area (Å²) in [6.45, 7) is 17.0. The number of hydrogen-bond acceptors (Lipinski definition) is 1. The van der Waals surface area contributed by atoms with Crippen molar-refractivity contribution in [3.63, 3.8) is 0 Å². The number of likely N-dealkylation sites (tertiary alicyclic amines) is 1. The molecule has 1 saturated heterocycles. The molecule has 2 nitrogen and oxygen atoms in total. The van der Waals surface area contributed by atoms with E-state index in [9.17, 15) is 0 Å². The molecule has 0 aromatic rings. The van der Waals surface area contributed by atoms with Crippen LogP contribution in [0.2, 0.25) is 18.1 Å². The smallest absolute Gasteiger partial charge is 0.659 e. The Hall–Kier alpha value is 0.851. The van der Waals surface area contributed by atoms with Crippen molar-refractivity contribution in [2.24, 2.45) is 5.92 Å². The molecule has 1 saturated carbocycles. The second-order valence-electron chi connectivity index (χ2n) is 9.72. The van der Waals surface area contributed by atoms with Gasteiger partial charge in [0.15, 0.2) is 0 Å². The molecule has 0 aromatic carbocycles. The van der Waals surface area contributed by atoms with Gasteiger partial charge in [0.25, 0.3) is 0 Å². The van der Waals surface area contributed by atoms with E-state index in [0.29, 0.717) is 0 Å². The van der Waals surface area contributed by atoms with Gasteiger partial charge in [-0.05, 0) is 44.7 Å². The molecule has 2 rings (SSSR count). The van der Waals surface area contributed by atoms with Gasteiger partial charge in [-0.1, -0.05) is 86.7 Å². The minimum atomic E-state index is -1.54. The molecule has 28 heavy (non-hydrogen) atoms. The topological polar surface area (TPSA) is 17.3 Å². The Bertz CT molecular complexity index is 379. The maximum absolute atomic E-state index is 5.50. The predicted molar refractivity (Wildman–Crippen MR) is 130 cm³/mol. The molecule has 2 fully saturated rings. The zero-order chi connectivity index (χ0) is 17.8. The van der Waals surface area contributed by atoms with Gasteiger partial charge in [0.05, 0.1) is 0 Å². The zero-order valence-corrected chi connectivity index (χ0v) is 23.5. The number of rotatable bonds is 8. The standard InChI is InChI=1S/C21H43N2Si.3CH3.Ti/c1-7-9-10-13-18-16-19(23-14-11-12-15-23)17-20(18)24(6,8-2)22-21(3,4)5;;;;/h18-20H,7-17H2,1-6H3;3*1H3;/q4*-1;+4/t18?,19?,20?,24-;;;;/m0..../s1. The predicted octanol–water partition coefficient (Wildman–Crippen LogP) is 7.93. The van der Waals surface area contributed by atoms with E-state index in [-0.39, 0.29) is 49.5 Å². The summed E-state index contributed by atoms with van der Waals surface area (Å²) in [5, 5.41) is 0. The van der Waals surface area contributed by atoms with E-state index in [1.54, 1.807) is 0 Å². The van der Waals surface area contributed by atoms with Crippen LogP contribution in [0, 0.1) is 28.2 Å². The second kappa shape index (κ2) is 14.8. The quantitative estimate of drug-likeness (QED) is 0.211. The van der Waals surface area contributed by atoms with Crippen molar-refractivity contribution >= 4 is 8.24 Å². The minimum Gasteiger partial charge on any atom is -0.659 e. The van der Waals surface area contributed by atoms with E-state index < -0.39 is 8.24 Å². The molecule has 0 aromatic heterocycles. The van der Waals surface area contributed by atoms with Crippen molar-refractivity contribution in [3.05, 3.63) is 27.3 Å². The molecule has 0 radical (unpaired) electrons. The molecule has 4 atom stereocenters. The Labute approximate surface area is 196 Å². The molecule has 0 N–H and O–H groups in total. The van der Waals surface area contributed by atoms with Crippen LogP contribution in [0.5, 0.6) is 0 Å². The number of hydrogen-bond donors (Lipinski definition) is 0. The molecule has 2 aliphatic rings. The molecule has 1 aliphatic carbocycles. The number of nitrogens with zero attached hydrogens (tertiary/aromatic N) is 2. The van der Waals surface area contributed by atoms with Gasteiger partial charge in [-0.3, -0.25) is 0 Å². The maximum Gasteiger partial charge on any atom is 4.00 e. The summed E-state index contributed by atoms with van der Waals surface area (Å²) in [7, 11) is -1.54. The third-order valence-corrected chi connectivity index (χ3v) is 11.5. The van der Waals surface area contributed by atoms with E-state index in [4.69, 9.17) is 4.98 Å². The molecule has 1 heterocycles. The molecular weight excluding hydrogens is 392 g/mol. The van der Waals surface area contributed by atoms with Crippen LogP contribution in [0.25, 0.3) is 4.98 Å². The first-order valence-corrected chi connectivity index (χ1v) is 13.5. The van der Waals surface area contributed by atoms with Crippen molar-refractivity contribution in [3.8, 4) is 0 Å². The minimum absolute atomic E-state index is 0. The van der Waals surface area contributed by atoms with Crippen molar-refractivity contribution in [2.75, 3.05) is 13.1 Å². The second-order valence-corrected chi connectivity index (χ2v) is 14.1. The summed E-state index contributed by atoms with van der Waals surface area (Å²) in [4.78, 5) is 8.33. The molecule has 3 unspecified atom stereocenters. The molecule has 166 valence electrons. The van der Waals surface area contributed by atoms with Crippen LogP contribution in [0.4, 0.5) is 0 Å². The Morgan fingerprint density at radius 3 is 2.00 bits per heavy atom. The van der Waals surface area contributed by atoms with E-state index in [1.165, 1.54) is 70.5 Å².